The summed E-state index contributed by atoms with van der Waals surface area (Å²) in [6.07, 6.45) is 2.94. The Balaban J connectivity index is 1.56. The molecule has 3 rings (SSSR count). The Morgan fingerprint density at radius 2 is 2.00 bits per heavy atom. The highest BCUT2D eigenvalue weighted by atomic mass is 16.5. The Hall–Kier alpha value is -2.76. The van der Waals surface area contributed by atoms with Crippen molar-refractivity contribution in [2.75, 3.05) is 32.1 Å². The van der Waals surface area contributed by atoms with Crippen molar-refractivity contribution in [2.24, 2.45) is 4.99 Å². The maximum atomic E-state index is 5.50. The number of rotatable bonds is 5. The largest absolute Gasteiger partial charge is 0.496 e. The Bertz CT molecular complexity index is 832. The van der Waals surface area contributed by atoms with Crippen molar-refractivity contribution in [2.45, 2.75) is 39.8 Å². The minimum Gasteiger partial charge on any atom is -0.496 e. The van der Waals surface area contributed by atoms with E-state index in [4.69, 9.17) is 4.74 Å². The van der Waals surface area contributed by atoms with Crippen LogP contribution in [0.2, 0.25) is 0 Å². The third-order valence-corrected chi connectivity index (χ3v) is 5.32. The van der Waals surface area contributed by atoms with Gasteiger partial charge in [-0.15, -0.1) is 0 Å². The number of guanidine groups is 1. The van der Waals surface area contributed by atoms with Crippen molar-refractivity contribution in [3.8, 4) is 5.75 Å². The second-order valence-electron chi connectivity index (χ2n) is 7.38. The van der Waals surface area contributed by atoms with Crippen LogP contribution in [-0.4, -0.2) is 44.2 Å². The standard InChI is InChI=1S/C22H31N5O/c1-15-6-8-19(9-7-15)27-11-10-18(14-27)26-22(23-4)25-13-20-17(3)21(28-5)16(2)12-24-20/h6-9,12,18H,10-11,13-14H2,1-5H3,(H2,23,25,26). The van der Waals surface area contributed by atoms with Gasteiger partial charge >= 0.3 is 0 Å². The van der Waals surface area contributed by atoms with Crippen molar-refractivity contribution in [3.63, 3.8) is 0 Å². The number of hydrogen-bond donors (Lipinski definition) is 2. The van der Waals surface area contributed by atoms with E-state index in [0.29, 0.717) is 12.6 Å². The van der Waals surface area contributed by atoms with Crippen molar-refractivity contribution in [1.82, 2.24) is 15.6 Å². The summed E-state index contributed by atoms with van der Waals surface area (Å²) in [6, 6.07) is 9.10. The number of anilines is 1. The van der Waals surface area contributed by atoms with E-state index in [2.05, 4.69) is 56.7 Å². The maximum absolute atomic E-state index is 5.50. The zero-order chi connectivity index (χ0) is 20.1. The summed E-state index contributed by atoms with van der Waals surface area (Å²) in [4.78, 5) is 11.4. The SMILES string of the molecule is CN=C(NCc1ncc(C)c(OC)c1C)NC1CCN(c2ccc(C)cc2)C1. The summed E-state index contributed by atoms with van der Waals surface area (Å²) in [6.45, 7) is 8.80. The second-order valence-corrected chi connectivity index (χ2v) is 7.38. The third kappa shape index (κ3) is 4.55. The molecule has 1 aliphatic heterocycles. The van der Waals surface area contributed by atoms with Gasteiger partial charge in [0.15, 0.2) is 5.96 Å². The maximum Gasteiger partial charge on any atom is 0.191 e. The van der Waals surface area contributed by atoms with Gasteiger partial charge in [0.05, 0.1) is 19.3 Å². The lowest BCUT2D eigenvalue weighted by Gasteiger charge is -2.21. The monoisotopic (exact) mass is 381 g/mol. The molecule has 6 heteroatoms. The van der Waals surface area contributed by atoms with Crippen LogP contribution in [0.1, 0.15) is 28.8 Å². The van der Waals surface area contributed by atoms with Crippen molar-refractivity contribution in [1.29, 1.82) is 0 Å². The molecule has 0 saturated carbocycles. The van der Waals surface area contributed by atoms with Crippen molar-refractivity contribution < 1.29 is 4.74 Å². The number of nitrogens with zero attached hydrogens (tertiary/aromatic N) is 3. The summed E-state index contributed by atoms with van der Waals surface area (Å²) in [5.74, 6) is 1.70. The molecule has 1 aromatic carbocycles. The van der Waals surface area contributed by atoms with Gasteiger partial charge in [0.1, 0.15) is 5.75 Å². The first-order valence-electron chi connectivity index (χ1n) is 9.79. The quantitative estimate of drug-likeness (QED) is 0.616. The minimum atomic E-state index is 0.370. The minimum absolute atomic E-state index is 0.370. The molecule has 0 spiro atoms. The molecular formula is C22H31N5O. The summed E-state index contributed by atoms with van der Waals surface area (Å²) in [5.41, 5.74) is 5.66. The zero-order valence-corrected chi connectivity index (χ0v) is 17.5. The molecule has 1 aromatic heterocycles. The average Bonchev–Trinajstić information content (AvgIpc) is 3.16. The lowest BCUT2D eigenvalue weighted by molar-refractivity contribution is 0.406. The first kappa shape index (κ1) is 20.0. The number of pyridine rings is 1. The summed E-state index contributed by atoms with van der Waals surface area (Å²) >= 11 is 0. The number of benzene rings is 1. The Morgan fingerprint density at radius 1 is 1.25 bits per heavy atom. The second kappa shape index (κ2) is 8.95. The Labute approximate surface area is 168 Å². The van der Waals surface area contributed by atoms with Crippen molar-refractivity contribution in [3.05, 3.63) is 52.8 Å². The number of nitrogens with one attached hydrogen (secondary N) is 2. The van der Waals surface area contributed by atoms with Crippen LogP contribution in [0.4, 0.5) is 5.69 Å². The molecule has 1 unspecified atom stereocenters. The van der Waals surface area contributed by atoms with E-state index >= 15 is 0 Å². The Kier molecular flexibility index (Phi) is 6.39. The van der Waals surface area contributed by atoms with E-state index in [1.165, 1.54) is 11.3 Å². The van der Waals surface area contributed by atoms with E-state index in [1.54, 1.807) is 14.2 Å². The van der Waals surface area contributed by atoms with Crippen LogP contribution in [0.3, 0.4) is 0 Å². The van der Waals surface area contributed by atoms with Gasteiger partial charge < -0.3 is 20.3 Å². The molecule has 6 nitrogen and oxygen atoms in total. The van der Waals surface area contributed by atoms with E-state index in [1.807, 2.05) is 20.0 Å². The lowest BCUT2D eigenvalue weighted by Crippen LogP contribution is -2.44. The summed E-state index contributed by atoms with van der Waals surface area (Å²) in [7, 11) is 3.50. The number of hydrogen-bond acceptors (Lipinski definition) is 4. The first-order chi connectivity index (χ1) is 13.5. The lowest BCUT2D eigenvalue weighted by atomic mass is 10.1. The normalized spacial score (nSPS) is 17.0. The molecule has 2 heterocycles. The molecular weight excluding hydrogens is 350 g/mol. The molecule has 28 heavy (non-hydrogen) atoms. The molecule has 1 aliphatic rings. The van der Waals surface area contributed by atoms with E-state index < -0.39 is 0 Å². The molecule has 2 N–H and O–H groups in total. The summed E-state index contributed by atoms with van der Waals surface area (Å²) < 4.78 is 5.50. The molecule has 1 fully saturated rings. The first-order valence-corrected chi connectivity index (χ1v) is 9.79. The predicted octanol–water partition coefficient (Wildman–Crippen LogP) is 2.96. The van der Waals surface area contributed by atoms with Gasteiger partial charge in [-0.3, -0.25) is 9.98 Å². The molecule has 0 radical (unpaired) electrons. The number of methoxy groups -OCH3 is 1. The fourth-order valence-corrected chi connectivity index (χ4v) is 3.67. The summed E-state index contributed by atoms with van der Waals surface area (Å²) in [5, 5.41) is 6.93. The van der Waals surface area contributed by atoms with E-state index in [9.17, 15) is 0 Å². The highest BCUT2D eigenvalue weighted by molar-refractivity contribution is 5.80. The molecule has 1 atom stereocenters. The highest BCUT2D eigenvalue weighted by Crippen LogP contribution is 2.24. The molecule has 0 aliphatic carbocycles. The van der Waals surface area contributed by atoms with Crippen LogP contribution in [0.15, 0.2) is 35.5 Å². The van der Waals surface area contributed by atoms with Crippen LogP contribution in [0, 0.1) is 20.8 Å². The van der Waals surface area contributed by atoms with Gasteiger partial charge in [-0.25, -0.2) is 0 Å². The topological polar surface area (TPSA) is 61.8 Å². The number of aryl methyl sites for hydroxylation is 2. The van der Waals surface area contributed by atoms with Crippen LogP contribution in [0.25, 0.3) is 0 Å². The number of aliphatic imine (C=N–C) groups is 1. The van der Waals surface area contributed by atoms with Crippen LogP contribution < -0.4 is 20.3 Å². The van der Waals surface area contributed by atoms with Gasteiger partial charge in [-0.05, 0) is 39.3 Å². The van der Waals surface area contributed by atoms with Crippen molar-refractivity contribution >= 4 is 11.6 Å². The molecule has 150 valence electrons. The van der Waals surface area contributed by atoms with Gasteiger partial charge in [0.2, 0.25) is 0 Å². The van der Waals surface area contributed by atoms with Crippen LogP contribution >= 0.6 is 0 Å². The smallest absolute Gasteiger partial charge is 0.191 e. The van der Waals surface area contributed by atoms with E-state index in [-0.39, 0.29) is 0 Å². The zero-order valence-electron chi connectivity index (χ0n) is 17.5. The Morgan fingerprint density at radius 3 is 2.68 bits per heavy atom. The highest BCUT2D eigenvalue weighted by Gasteiger charge is 2.23. The predicted molar refractivity (Wildman–Crippen MR) is 115 cm³/mol. The van der Waals surface area contributed by atoms with Gasteiger partial charge in [-0.2, -0.15) is 0 Å². The number of aromatic nitrogens is 1. The molecule has 1 saturated heterocycles. The average molecular weight is 382 g/mol. The fourth-order valence-electron chi connectivity index (χ4n) is 3.67. The van der Waals surface area contributed by atoms with Gasteiger partial charge in [0.25, 0.3) is 0 Å². The molecule has 2 aromatic rings. The molecule has 0 amide bonds. The van der Waals surface area contributed by atoms with Gasteiger partial charge in [0, 0.05) is 49.2 Å². The molecule has 0 bridgehead atoms. The van der Waals surface area contributed by atoms with Crippen LogP contribution in [0.5, 0.6) is 5.75 Å². The fraction of sp³-hybridized carbons (Fsp3) is 0.455. The van der Waals surface area contributed by atoms with E-state index in [0.717, 1.165) is 48.0 Å². The van der Waals surface area contributed by atoms with Gasteiger partial charge in [-0.1, -0.05) is 17.7 Å². The van der Waals surface area contributed by atoms with Crippen LogP contribution in [-0.2, 0) is 6.54 Å². The number of ether oxygens (including phenoxy) is 1. The third-order valence-electron chi connectivity index (χ3n) is 5.32.